The molecule has 3 heterocycles. The molecule has 1 aliphatic heterocycles. The monoisotopic (exact) mass is 416 g/mol. The molecule has 0 bridgehead atoms. The Morgan fingerprint density at radius 2 is 2.07 bits per heavy atom. The number of amides is 1. The van der Waals surface area contributed by atoms with Gasteiger partial charge in [0.15, 0.2) is 0 Å². The number of rotatable bonds is 4. The summed E-state index contributed by atoms with van der Waals surface area (Å²) in [7, 11) is 0. The van der Waals surface area contributed by atoms with Gasteiger partial charge in [0.2, 0.25) is 0 Å². The average Bonchev–Trinajstić information content (AvgIpc) is 3.04. The Hall–Kier alpha value is -3.04. The Morgan fingerprint density at radius 1 is 1.33 bits per heavy atom. The third-order valence-corrected chi connectivity index (χ3v) is 5.29. The van der Waals surface area contributed by atoms with Crippen molar-refractivity contribution in [2.75, 3.05) is 19.7 Å². The number of fused-ring (bicyclic) bond motifs is 1. The van der Waals surface area contributed by atoms with E-state index in [0.717, 1.165) is 5.56 Å². The largest absolute Gasteiger partial charge is 0.465 e. The Balaban J connectivity index is 1.82. The van der Waals surface area contributed by atoms with Crippen molar-refractivity contribution >= 4 is 11.7 Å². The molecule has 158 valence electrons. The SMILES string of the molecule is Cc1ccn2c(C[C@H]3CN(C(=O)O)CCO3)c(-c3c(F)cc(CN)cc3F)nc2c1. The summed E-state index contributed by atoms with van der Waals surface area (Å²) >= 11 is 0. The molecule has 0 spiro atoms. The highest BCUT2D eigenvalue weighted by atomic mass is 19.1. The number of imidazole rings is 1. The van der Waals surface area contributed by atoms with Gasteiger partial charge in [0.25, 0.3) is 0 Å². The number of pyridine rings is 1. The minimum atomic E-state index is -1.02. The van der Waals surface area contributed by atoms with Crippen LogP contribution in [0.25, 0.3) is 16.9 Å². The average molecular weight is 416 g/mol. The van der Waals surface area contributed by atoms with Crippen LogP contribution in [-0.4, -0.2) is 51.3 Å². The number of aromatic nitrogens is 2. The van der Waals surface area contributed by atoms with Gasteiger partial charge in [-0.25, -0.2) is 18.6 Å². The predicted octanol–water partition coefficient (Wildman–Crippen LogP) is 2.97. The van der Waals surface area contributed by atoms with E-state index in [4.69, 9.17) is 10.5 Å². The van der Waals surface area contributed by atoms with Crippen molar-refractivity contribution in [2.24, 2.45) is 5.73 Å². The number of halogens is 2. The van der Waals surface area contributed by atoms with Gasteiger partial charge in [-0.3, -0.25) is 0 Å². The Labute approximate surface area is 171 Å². The van der Waals surface area contributed by atoms with Crippen LogP contribution in [0.2, 0.25) is 0 Å². The standard InChI is InChI=1S/C21H22F2N4O3/c1-12-2-3-27-17(9-14-11-26(21(28)29)4-5-30-14)20(25-18(27)6-12)19-15(22)7-13(10-24)8-16(19)23/h2-3,6-8,14H,4-5,9-11,24H2,1H3,(H,28,29)/t14-/m0/s1. The molecule has 1 aliphatic rings. The molecular weight excluding hydrogens is 394 g/mol. The van der Waals surface area contributed by atoms with Crippen molar-refractivity contribution in [2.45, 2.75) is 26.0 Å². The Bertz CT molecular complexity index is 1090. The smallest absolute Gasteiger partial charge is 0.407 e. The number of nitrogens with two attached hydrogens (primary N) is 1. The molecule has 1 aromatic carbocycles. The zero-order chi connectivity index (χ0) is 21.4. The van der Waals surface area contributed by atoms with Crippen LogP contribution in [0.5, 0.6) is 0 Å². The maximum absolute atomic E-state index is 14.9. The molecule has 1 fully saturated rings. The molecule has 3 N–H and O–H groups in total. The van der Waals surface area contributed by atoms with Crippen LogP contribution in [-0.2, 0) is 17.7 Å². The summed E-state index contributed by atoms with van der Waals surface area (Å²) < 4.78 is 37.2. The quantitative estimate of drug-likeness (QED) is 0.682. The van der Waals surface area contributed by atoms with E-state index in [2.05, 4.69) is 4.98 Å². The molecule has 0 radical (unpaired) electrons. The lowest BCUT2D eigenvalue weighted by atomic mass is 10.0. The number of carboxylic acid groups (broad SMARTS) is 1. The number of ether oxygens (including phenoxy) is 1. The number of morpholine rings is 1. The summed E-state index contributed by atoms with van der Waals surface area (Å²) in [5, 5.41) is 9.28. The zero-order valence-electron chi connectivity index (χ0n) is 16.4. The second-order valence-electron chi connectivity index (χ2n) is 7.40. The van der Waals surface area contributed by atoms with Gasteiger partial charge in [-0.2, -0.15) is 0 Å². The summed E-state index contributed by atoms with van der Waals surface area (Å²) in [6.45, 7) is 2.64. The van der Waals surface area contributed by atoms with Crippen molar-refractivity contribution in [1.29, 1.82) is 0 Å². The first-order chi connectivity index (χ1) is 14.4. The van der Waals surface area contributed by atoms with Gasteiger partial charge in [-0.1, -0.05) is 0 Å². The first kappa shape index (κ1) is 20.2. The van der Waals surface area contributed by atoms with E-state index in [1.807, 2.05) is 19.1 Å². The number of carbonyl (C=O) groups is 1. The molecule has 1 amide bonds. The maximum atomic E-state index is 14.9. The predicted molar refractivity (Wildman–Crippen MR) is 106 cm³/mol. The third kappa shape index (κ3) is 3.73. The van der Waals surface area contributed by atoms with Crippen LogP contribution >= 0.6 is 0 Å². The minimum absolute atomic E-state index is 0.0201. The molecule has 0 aliphatic carbocycles. The van der Waals surface area contributed by atoms with E-state index in [9.17, 15) is 18.7 Å². The summed E-state index contributed by atoms with van der Waals surface area (Å²) in [6.07, 6.45) is 0.565. The zero-order valence-corrected chi connectivity index (χ0v) is 16.4. The van der Waals surface area contributed by atoms with Gasteiger partial charge < -0.3 is 24.9 Å². The van der Waals surface area contributed by atoms with Crippen LogP contribution in [0, 0.1) is 18.6 Å². The van der Waals surface area contributed by atoms with Crippen molar-refractivity contribution in [3.05, 3.63) is 58.9 Å². The molecule has 4 rings (SSSR count). The highest BCUT2D eigenvalue weighted by Gasteiger charge is 2.28. The van der Waals surface area contributed by atoms with E-state index >= 15 is 0 Å². The van der Waals surface area contributed by atoms with Crippen LogP contribution in [0.4, 0.5) is 13.6 Å². The van der Waals surface area contributed by atoms with Crippen LogP contribution in [0.3, 0.4) is 0 Å². The van der Waals surface area contributed by atoms with Gasteiger partial charge in [0.05, 0.1) is 36.2 Å². The first-order valence-electron chi connectivity index (χ1n) is 9.62. The normalized spacial score (nSPS) is 16.9. The number of benzene rings is 1. The molecule has 0 saturated carbocycles. The van der Waals surface area contributed by atoms with Gasteiger partial charge in [-0.15, -0.1) is 0 Å². The van der Waals surface area contributed by atoms with E-state index in [1.54, 1.807) is 10.6 Å². The molecular formula is C21H22F2N4O3. The van der Waals surface area contributed by atoms with Gasteiger partial charge in [0, 0.05) is 25.7 Å². The topological polar surface area (TPSA) is 93.1 Å². The van der Waals surface area contributed by atoms with E-state index in [-0.39, 0.29) is 43.9 Å². The fraction of sp³-hybridized carbons (Fsp3) is 0.333. The van der Waals surface area contributed by atoms with Gasteiger partial charge in [-0.05, 0) is 42.3 Å². The fourth-order valence-corrected chi connectivity index (χ4v) is 3.79. The number of aryl methyl sites for hydroxylation is 1. The highest BCUT2D eigenvalue weighted by Crippen LogP contribution is 2.32. The van der Waals surface area contributed by atoms with Crippen LogP contribution < -0.4 is 5.73 Å². The molecule has 7 nitrogen and oxygen atoms in total. The van der Waals surface area contributed by atoms with E-state index in [0.29, 0.717) is 16.9 Å². The summed E-state index contributed by atoms with van der Waals surface area (Å²) in [5.41, 5.74) is 7.88. The van der Waals surface area contributed by atoms with Crippen molar-refractivity contribution < 1.29 is 23.4 Å². The Kier molecular flexibility index (Phi) is 5.40. The molecule has 9 heteroatoms. The van der Waals surface area contributed by atoms with Gasteiger partial charge in [0.1, 0.15) is 17.3 Å². The molecule has 0 unspecified atom stereocenters. The van der Waals surface area contributed by atoms with Crippen molar-refractivity contribution in [3.8, 4) is 11.3 Å². The maximum Gasteiger partial charge on any atom is 0.407 e. The first-order valence-corrected chi connectivity index (χ1v) is 9.62. The van der Waals surface area contributed by atoms with Gasteiger partial charge >= 0.3 is 6.09 Å². The lowest BCUT2D eigenvalue weighted by Crippen LogP contribution is -2.45. The van der Waals surface area contributed by atoms with Crippen molar-refractivity contribution in [3.63, 3.8) is 0 Å². The Morgan fingerprint density at radius 3 is 2.73 bits per heavy atom. The molecule has 30 heavy (non-hydrogen) atoms. The van der Waals surface area contributed by atoms with E-state index < -0.39 is 23.8 Å². The third-order valence-electron chi connectivity index (χ3n) is 5.29. The lowest BCUT2D eigenvalue weighted by molar-refractivity contribution is -0.0214. The summed E-state index contributed by atoms with van der Waals surface area (Å²) in [5.74, 6) is -1.48. The second-order valence-corrected chi connectivity index (χ2v) is 7.40. The lowest BCUT2D eigenvalue weighted by Gasteiger charge is -2.31. The minimum Gasteiger partial charge on any atom is -0.465 e. The fourth-order valence-electron chi connectivity index (χ4n) is 3.79. The van der Waals surface area contributed by atoms with Crippen LogP contribution in [0.1, 0.15) is 16.8 Å². The molecule has 1 saturated heterocycles. The summed E-state index contributed by atoms with van der Waals surface area (Å²) in [4.78, 5) is 17.1. The number of nitrogens with zero attached hydrogens (tertiary/aromatic N) is 3. The number of hydrogen-bond acceptors (Lipinski definition) is 4. The number of hydrogen-bond donors (Lipinski definition) is 2. The molecule has 3 aromatic rings. The summed E-state index contributed by atoms with van der Waals surface area (Å²) in [6, 6.07) is 6.11. The van der Waals surface area contributed by atoms with Crippen molar-refractivity contribution in [1.82, 2.24) is 14.3 Å². The second kappa shape index (κ2) is 8.00. The molecule has 2 aromatic heterocycles. The highest BCUT2D eigenvalue weighted by molar-refractivity contribution is 5.69. The van der Waals surface area contributed by atoms with E-state index in [1.165, 1.54) is 17.0 Å². The van der Waals surface area contributed by atoms with Crippen LogP contribution in [0.15, 0.2) is 30.5 Å². The molecule has 1 atom stereocenters.